The molecule has 0 radical (unpaired) electrons. The summed E-state index contributed by atoms with van der Waals surface area (Å²) in [5.41, 5.74) is 8.20. The number of hydrogen-bond donors (Lipinski definition) is 0. The van der Waals surface area contributed by atoms with Crippen LogP contribution in [0, 0.1) is 5.82 Å². The van der Waals surface area contributed by atoms with Crippen LogP contribution in [0.4, 0.5) is 10.1 Å². The first-order valence-corrected chi connectivity index (χ1v) is 3.12. The molecule has 0 aromatic heterocycles. The van der Waals surface area contributed by atoms with Crippen LogP contribution in [0.15, 0.2) is 23.3 Å². The standard InChI is InChI=1S/C6H3ClFN3/c7-5-2-1-4(10-11-9)3-6(5)8/h1-3H. The first-order chi connectivity index (χ1) is 5.24. The van der Waals surface area contributed by atoms with Crippen molar-refractivity contribution in [1.29, 1.82) is 0 Å². The molecule has 0 aliphatic heterocycles. The number of rotatable bonds is 1. The van der Waals surface area contributed by atoms with Crippen LogP contribution >= 0.6 is 11.6 Å². The van der Waals surface area contributed by atoms with Crippen molar-refractivity contribution < 1.29 is 4.39 Å². The summed E-state index contributed by atoms with van der Waals surface area (Å²) in [7, 11) is 0. The Morgan fingerprint density at radius 2 is 2.27 bits per heavy atom. The highest BCUT2D eigenvalue weighted by atomic mass is 35.5. The van der Waals surface area contributed by atoms with Crippen molar-refractivity contribution >= 4 is 17.3 Å². The average molecular weight is 172 g/mol. The third-order valence-corrected chi connectivity index (χ3v) is 1.37. The Bertz CT molecular complexity index is 320. The van der Waals surface area contributed by atoms with Crippen LogP contribution in [0.2, 0.25) is 5.02 Å². The van der Waals surface area contributed by atoms with Crippen LogP contribution in [0.25, 0.3) is 10.4 Å². The smallest absolute Gasteiger partial charge is 0.142 e. The van der Waals surface area contributed by atoms with Gasteiger partial charge in [-0.2, -0.15) is 0 Å². The highest BCUT2D eigenvalue weighted by Gasteiger charge is 1.97. The SMILES string of the molecule is [N-]=[N+]=Nc1ccc(Cl)c(F)c1. The molecule has 0 aliphatic carbocycles. The van der Waals surface area contributed by atoms with Gasteiger partial charge in [-0.25, -0.2) is 4.39 Å². The summed E-state index contributed by atoms with van der Waals surface area (Å²) >= 11 is 5.37. The lowest BCUT2D eigenvalue weighted by molar-refractivity contribution is 0.628. The summed E-state index contributed by atoms with van der Waals surface area (Å²) in [4.78, 5) is 2.49. The normalized spacial score (nSPS) is 8.91. The van der Waals surface area contributed by atoms with Crippen LogP contribution in [0.1, 0.15) is 0 Å². The second kappa shape index (κ2) is 3.23. The predicted octanol–water partition coefficient (Wildman–Crippen LogP) is 3.42. The van der Waals surface area contributed by atoms with Gasteiger partial charge in [-0.1, -0.05) is 22.8 Å². The maximum atomic E-state index is 12.6. The number of nitrogens with zero attached hydrogens (tertiary/aromatic N) is 3. The third kappa shape index (κ3) is 1.83. The zero-order valence-electron chi connectivity index (χ0n) is 5.33. The van der Waals surface area contributed by atoms with E-state index in [1.165, 1.54) is 12.1 Å². The molecule has 1 aromatic carbocycles. The van der Waals surface area contributed by atoms with E-state index in [2.05, 4.69) is 10.0 Å². The van der Waals surface area contributed by atoms with E-state index < -0.39 is 5.82 Å². The van der Waals surface area contributed by atoms with Crippen LogP contribution in [-0.2, 0) is 0 Å². The molecule has 0 saturated carbocycles. The van der Waals surface area contributed by atoms with Gasteiger partial charge in [0.15, 0.2) is 0 Å². The first-order valence-electron chi connectivity index (χ1n) is 2.74. The third-order valence-electron chi connectivity index (χ3n) is 1.06. The van der Waals surface area contributed by atoms with Crippen molar-refractivity contribution in [3.05, 3.63) is 39.5 Å². The van der Waals surface area contributed by atoms with E-state index in [1.54, 1.807) is 0 Å². The lowest BCUT2D eigenvalue weighted by atomic mass is 10.3. The van der Waals surface area contributed by atoms with Crippen molar-refractivity contribution in [3.8, 4) is 0 Å². The molecule has 0 amide bonds. The molecule has 5 heteroatoms. The fourth-order valence-corrected chi connectivity index (χ4v) is 0.716. The summed E-state index contributed by atoms with van der Waals surface area (Å²) in [6.07, 6.45) is 0. The summed E-state index contributed by atoms with van der Waals surface area (Å²) in [6.45, 7) is 0. The number of azide groups is 1. The highest BCUT2D eigenvalue weighted by molar-refractivity contribution is 6.30. The van der Waals surface area contributed by atoms with Gasteiger partial charge in [-0.05, 0) is 17.7 Å². The molecular weight excluding hydrogens is 169 g/mol. The summed E-state index contributed by atoms with van der Waals surface area (Å²) < 4.78 is 12.6. The van der Waals surface area contributed by atoms with Crippen LogP contribution in [0.5, 0.6) is 0 Å². The molecule has 0 heterocycles. The van der Waals surface area contributed by atoms with Crippen molar-refractivity contribution in [3.63, 3.8) is 0 Å². The maximum absolute atomic E-state index is 12.6. The van der Waals surface area contributed by atoms with Gasteiger partial charge in [0.1, 0.15) is 5.82 Å². The van der Waals surface area contributed by atoms with E-state index in [0.29, 0.717) is 0 Å². The summed E-state index contributed by atoms with van der Waals surface area (Å²) in [5, 5.41) is 3.21. The molecule has 0 unspecified atom stereocenters. The molecule has 0 spiro atoms. The van der Waals surface area contributed by atoms with E-state index in [4.69, 9.17) is 17.1 Å². The largest absolute Gasteiger partial charge is 0.205 e. The predicted molar refractivity (Wildman–Crippen MR) is 40.2 cm³/mol. The Hall–Kier alpha value is -1.25. The monoisotopic (exact) mass is 171 g/mol. The number of hydrogen-bond acceptors (Lipinski definition) is 1. The van der Waals surface area contributed by atoms with Crippen molar-refractivity contribution in [2.45, 2.75) is 0 Å². The molecule has 0 atom stereocenters. The van der Waals surface area contributed by atoms with Crippen LogP contribution in [0.3, 0.4) is 0 Å². The Kier molecular flexibility index (Phi) is 2.31. The lowest BCUT2D eigenvalue weighted by Crippen LogP contribution is -1.73. The van der Waals surface area contributed by atoms with E-state index in [9.17, 15) is 4.39 Å². The van der Waals surface area contributed by atoms with Crippen molar-refractivity contribution in [2.24, 2.45) is 5.11 Å². The first kappa shape index (κ1) is 7.85. The molecule has 0 bridgehead atoms. The lowest BCUT2D eigenvalue weighted by Gasteiger charge is -1.93. The minimum Gasteiger partial charge on any atom is -0.205 e. The van der Waals surface area contributed by atoms with Crippen molar-refractivity contribution in [1.82, 2.24) is 0 Å². The van der Waals surface area contributed by atoms with E-state index in [-0.39, 0.29) is 10.7 Å². The Morgan fingerprint density at radius 3 is 2.82 bits per heavy atom. The molecule has 3 nitrogen and oxygen atoms in total. The molecule has 0 saturated heterocycles. The zero-order chi connectivity index (χ0) is 8.27. The van der Waals surface area contributed by atoms with Gasteiger partial charge in [-0.15, -0.1) is 0 Å². The fraction of sp³-hybridized carbons (Fsp3) is 0. The molecule has 56 valence electrons. The molecule has 0 aliphatic rings. The van der Waals surface area contributed by atoms with E-state index >= 15 is 0 Å². The van der Waals surface area contributed by atoms with Gasteiger partial charge in [0.05, 0.1) is 5.02 Å². The fourth-order valence-electron chi connectivity index (χ4n) is 0.599. The van der Waals surface area contributed by atoms with Gasteiger partial charge < -0.3 is 0 Å². The number of halogens is 2. The maximum Gasteiger partial charge on any atom is 0.142 e. The molecule has 11 heavy (non-hydrogen) atoms. The average Bonchev–Trinajstić information content (AvgIpc) is 1.98. The van der Waals surface area contributed by atoms with Gasteiger partial charge >= 0.3 is 0 Å². The van der Waals surface area contributed by atoms with Gasteiger partial charge in [0.25, 0.3) is 0 Å². The topological polar surface area (TPSA) is 48.8 Å². The van der Waals surface area contributed by atoms with E-state index in [1.807, 2.05) is 0 Å². The summed E-state index contributed by atoms with van der Waals surface area (Å²) in [5.74, 6) is -0.587. The second-order valence-corrected chi connectivity index (χ2v) is 2.20. The Morgan fingerprint density at radius 1 is 1.55 bits per heavy atom. The quantitative estimate of drug-likeness (QED) is 0.353. The summed E-state index contributed by atoms with van der Waals surface area (Å²) in [6, 6.07) is 3.84. The van der Waals surface area contributed by atoms with E-state index in [0.717, 1.165) is 6.07 Å². The van der Waals surface area contributed by atoms with Gasteiger partial charge in [-0.3, -0.25) is 0 Å². The van der Waals surface area contributed by atoms with Crippen molar-refractivity contribution in [2.75, 3.05) is 0 Å². The number of benzene rings is 1. The molecule has 0 N–H and O–H groups in total. The molecule has 1 aromatic rings. The van der Waals surface area contributed by atoms with Gasteiger partial charge in [0, 0.05) is 10.6 Å². The molecule has 1 rings (SSSR count). The van der Waals surface area contributed by atoms with Crippen LogP contribution in [-0.4, -0.2) is 0 Å². The molecular formula is C6H3ClFN3. The second-order valence-electron chi connectivity index (χ2n) is 1.79. The van der Waals surface area contributed by atoms with Crippen LogP contribution < -0.4 is 0 Å². The Balaban J connectivity index is 3.14. The highest BCUT2D eigenvalue weighted by Crippen LogP contribution is 2.20. The minimum absolute atomic E-state index is 0.0156. The van der Waals surface area contributed by atoms with Gasteiger partial charge in [0.2, 0.25) is 0 Å². The minimum atomic E-state index is -0.587. The molecule has 0 fully saturated rings. The zero-order valence-corrected chi connectivity index (χ0v) is 6.09. The Labute approximate surface area is 67.0 Å².